The van der Waals surface area contributed by atoms with Crippen LogP contribution in [-0.4, -0.2) is 19.0 Å². The van der Waals surface area contributed by atoms with E-state index in [1.54, 1.807) is 7.11 Å². The third-order valence-electron chi connectivity index (χ3n) is 3.61. The number of rotatable bonds is 4. The molecule has 2 rings (SSSR count). The number of ether oxygens (including phenoxy) is 1. The minimum absolute atomic E-state index is 0.443. The van der Waals surface area contributed by atoms with E-state index in [1.165, 1.54) is 37.7 Å². The zero-order valence-corrected chi connectivity index (χ0v) is 11.6. The first-order valence-electron chi connectivity index (χ1n) is 6.98. The summed E-state index contributed by atoms with van der Waals surface area (Å²) in [5.41, 5.74) is 3.93. The van der Waals surface area contributed by atoms with Crippen LogP contribution in [0, 0.1) is 0 Å². The van der Waals surface area contributed by atoms with Crippen LogP contribution in [0.5, 0.6) is 5.75 Å². The van der Waals surface area contributed by atoms with Crippen LogP contribution >= 0.6 is 0 Å². The maximum Gasteiger partial charge on any atom is 0.118 e. The van der Waals surface area contributed by atoms with Gasteiger partial charge in [-0.3, -0.25) is 4.99 Å². The Morgan fingerprint density at radius 2 is 1.95 bits per heavy atom. The van der Waals surface area contributed by atoms with E-state index in [9.17, 15) is 0 Å². The van der Waals surface area contributed by atoms with Crippen molar-refractivity contribution >= 4 is 5.84 Å². The normalized spacial score (nSPS) is 17.3. The molecule has 1 aromatic rings. The zero-order chi connectivity index (χ0) is 13.5. The van der Waals surface area contributed by atoms with Gasteiger partial charge in [-0.2, -0.15) is 0 Å². The number of hydrogen-bond donors (Lipinski definition) is 2. The van der Waals surface area contributed by atoms with E-state index < -0.39 is 0 Å². The van der Waals surface area contributed by atoms with Gasteiger partial charge in [0.15, 0.2) is 0 Å². The molecule has 4 heteroatoms. The zero-order valence-electron chi connectivity index (χ0n) is 11.6. The number of nitrogens with zero attached hydrogens (tertiary/aromatic N) is 1. The number of hydrogen-bond acceptors (Lipinski definition) is 3. The van der Waals surface area contributed by atoms with Crippen LogP contribution in [0.4, 0.5) is 0 Å². The molecule has 0 saturated heterocycles. The van der Waals surface area contributed by atoms with Gasteiger partial charge in [0.2, 0.25) is 0 Å². The van der Waals surface area contributed by atoms with E-state index in [0.717, 1.165) is 18.0 Å². The largest absolute Gasteiger partial charge is 0.497 e. The van der Waals surface area contributed by atoms with Crippen molar-refractivity contribution in [3.8, 4) is 5.75 Å². The monoisotopic (exact) mass is 261 g/mol. The van der Waals surface area contributed by atoms with Crippen LogP contribution in [0.2, 0.25) is 0 Å². The van der Waals surface area contributed by atoms with Crippen molar-refractivity contribution in [2.45, 2.75) is 44.6 Å². The van der Waals surface area contributed by atoms with E-state index in [1.807, 2.05) is 24.3 Å². The Balaban J connectivity index is 1.98. The van der Waals surface area contributed by atoms with E-state index >= 15 is 0 Å². The topological polar surface area (TPSA) is 59.6 Å². The summed E-state index contributed by atoms with van der Waals surface area (Å²) in [6.45, 7) is 0. The van der Waals surface area contributed by atoms with Crippen molar-refractivity contribution in [2.24, 2.45) is 10.8 Å². The molecule has 0 amide bonds. The van der Waals surface area contributed by atoms with E-state index in [0.29, 0.717) is 6.04 Å². The molecule has 0 radical (unpaired) electrons. The number of hydrazine groups is 1. The molecule has 1 saturated carbocycles. The van der Waals surface area contributed by atoms with Gasteiger partial charge < -0.3 is 10.2 Å². The highest BCUT2D eigenvalue weighted by atomic mass is 16.5. The molecule has 1 fully saturated rings. The maximum absolute atomic E-state index is 5.59. The van der Waals surface area contributed by atoms with Crippen LogP contribution in [0.1, 0.15) is 37.7 Å². The van der Waals surface area contributed by atoms with Gasteiger partial charge in [-0.05, 0) is 30.5 Å². The number of benzene rings is 1. The van der Waals surface area contributed by atoms with Gasteiger partial charge in [-0.25, -0.2) is 5.84 Å². The fourth-order valence-electron chi connectivity index (χ4n) is 2.50. The molecule has 1 aliphatic carbocycles. The molecule has 104 valence electrons. The first kappa shape index (κ1) is 13.9. The summed E-state index contributed by atoms with van der Waals surface area (Å²) in [5, 5.41) is 0. The van der Waals surface area contributed by atoms with Crippen LogP contribution in [0.3, 0.4) is 0 Å². The average Bonchev–Trinajstić information content (AvgIpc) is 2.48. The second-order valence-electron chi connectivity index (χ2n) is 5.04. The quantitative estimate of drug-likeness (QED) is 0.379. The summed E-state index contributed by atoms with van der Waals surface area (Å²) in [4.78, 5) is 4.74. The molecule has 0 atom stereocenters. The Kier molecular flexibility index (Phi) is 5.21. The van der Waals surface area contributed by atoms with E-state index in [2.05, 4.69) is 5.43 Å². The Morgan fingerprint density at radius 1 is 1.26 bits per heavy atom. The fraction of sp³-hybridized carbons (Fsp3) is 0.533. The fourth-order valence-corrected chi connectivity index (χ4v) is 2.50. The molecule has 0 aromatic heterocycles. The molecule has 3 N–H and O–H groups in total. The first-order chi connectivity index (χ1) is 9.31. The molecule has 0 unspecified atom stereocenters. The highest BCUT2D eigenvalue weighted by Gasteiger charge is 2.13. The molecule has 4 nitrogen and oxygen atoms in total. The van der Waals surface area contributed by atoms with Gasteiger partial charge in [0.25, 0.3) is 0 Å². The third-order valence-corrected chi connectivity index (χ3v) is 3.61. The van der Waals surface area contributed by atoms with Gasteiger partial charge in [0.05, 0.1) is 13.2 Å². The van der Waals surface area contributed by atoms with Crippen LogP contribution in [0.15, 0.2) is 29.3 Å². The average molecular weight is 261 g/mol. The first-order valence-corrected chi connectivity index (χ1v) is 6.98. The summed E-state index contributed by atoms with van der Waals surface area (Å²) in [6, 6.07) is 8.46. The lowest BCUT2D eigenvalue weighted by Gasteiger charge is -2.19. The molecule has 0 spiro atoms. The lowest BCUT2D eigenvalue weighted by Crippen LogP contribution is -2.33. The van der Waals surface area contributed by atoms with E-state index in [-0.39, 0.29) is 0 Å². The van der Waals surface area contributed by atoms with Gasteiger partial charge in [-0.15, -0.1) is 0 Å². The summed E-state index contributed by atoms with van der Waals surface area (Å²) < 4.78 is 5.15. The molecule has 0 bridgehead atoms. The van der Waals surface area contributed by atoms with Crippen molar-refractivity contribution in [1.29, 1.82) is 0 Å². The SMILES string of the molecule is COc1ccc(CC(=NC2CCCCC2)NN)cc1. The van der Waals surface area contributed by atoms with Crippen molar-refractivity contribution in [1.82, 2.24) is 5.43 Å². The minimum atomic E-state index is 0.443. The number of aliphatic imine (C=N–C) groups is 1. The number of nitrogens with two attached hydrogens (primary N) is 1. The second kappa shape index (κ2) is 7.14. The van der Waals surface area contributed by atoms with Crippen molar-refractivity contribution in [3.63, 3.8) is 0 Å². The molecule has 1 aromatic carbocycles. The highest BCUT2D eigenvalue weighted by Crippen LogP contribution is 2.20. The summed E-state index contributed by atoms with van der Waals surface area (Å²) >= 11 is 0. The number of methoxy groups -OCH3 is 1. The predicted molar refractivity (Wildman–Crippen MR) is 78.3 cm³/mol. The number of amidine groups is 1. The predicted octanol–water partition coefficient (Wildman–Crippen LogP) is 2.43. The minimum Gasteiger partial charge on any atom is -0.497 e. The molecular formula is C15H23N3O. The van der Waals surface area contributed by atoms with Gasteiger partial charge in [-0.1, -0.05) is 31.4 Å². The van der Waals surface area contributed by atoms with Crippen LogP contribution in [-0.2, 0) is 6.42 Å². The van der Waals surface area contributed by atoms with Crippen molar-refractivity contribution < 1.29 is 4.74 Å². The van der Waals surface area contributed by atoms with Gasteiger partial charge in [0.1, 0.15) is 11.6 Å². The summed E-state index contributed by atoms with van der Waals surface area (Å²) in [5.74, 6) is 7.33. The Labute approximate surface area is 115 Å². The molecule has 1 aliphatic rings. The summed E-state index contributed by atoms with van der Waals surface area (Å²) in [7, 11) is 1.67. The van der Waals surface area contributed by atoms with E-state index in [4.69, 9.17) is 15.6 Å². The van der Waals surface area contributed by atoms with Gasteiger partial charge >= 0.3 is 0 Å². The smallest absolute Gasteiger partial charge is 0.118 e. The van der Waals surface area contributed by atoms with Gasteiger partial charge in [0, 0.05) is 6.42 Å². The highest BCUT2D eigenvalue weighted by molar-refractivity contribution is 5.84. The Hall–Kier alpha value is -1.55. The van der Waals surface area contributed by atoms with Crippen LogP contribution < -0.4 is 16.0 Å². The maximum atomic E-state index is 5.59. The van der Waals surface area contributed by atoms with Crippen LogP contribution in [0.25, 0.3) is 0 Å². The second-order valence-corrected chi connectivity index (χ2v) is 5.04. The van der Waals surface area contributed by atoms with Crippen molar-refractivity contribution in [3.05, 3.63) is 29.8 Å². The molecule has 0 heterocycles. The molecule has 19 heavy (non-hydrogen) atoms. The lowest BCUT2D eigenvalue weighted by molar-refractivity contribution is 0.414. The molecular weight excluding hydrogens is 238 g/mol. The third kappa shape index (κ3) is 4.24. The number of nitrogens with one attached hydrogen (secondary N) is 1. The Bertz CT molecular complexity index is 408. The summed E-state index contributed by atoms with van der Waals surface area (Å²) in [6.07, 6.45) is 7.04. The standard InChI is InChI=1S/C15H23N3O/c1-19-14-9-7-12(8-10-14)11-15(18-16)17-13-5-3-2-4-6-13/h7-10,13H,2-6,11,16H2,1H3,(H,17,18). The Morgan fingerprint density at radius 3 is 2.53 bits per heavy atom. The molecule has 0 aliphatic heterocycles. The lowest BCUT2D eigenvalue weighted by atomic mass is 9.96. The van der Waals surface area contributed by atoms with Crippen molar-refractivity contribution in [2.75, 3.05) is 7.11 Å².